The normalized spacial score (nSPS) is 15.7. The lowest BCUT2D eigenvalue weighted by molar-refractivity contribution is -0.180. The zero-order chi connectivity index (χ0) is 44.3. The quantitative estimate of drug-likeness (QED) is 0.0722. The van der Waals surface area contributed by atoms with Crippen molar-refractivity contribution in [2.75, 3.05) is 18.0 Å². The molecule has 1 aliphatic heterocycles. The summed E-state index contributed by atoms with van der Waals surface area (Å²) in [6, 6.07) is -0.618. The van der Waals surface area contributed by atoms with Gasteiger partial charge < -0.3 is 4.90 Å². The van der Waals surface area contributed by atoms with Crippen molar-refractivity contribution in [1.29, 1.82) is 0 Å². The first-order chi connectivity index (χ1) is 27.0. The summed E-state index contributed by atoms with van der Waals surface area (Å²) in [6.45, 7) is 29.3. The first kappa shape index (κ1) is 50.5. The smallest absolute Gasteiger partial charge is 0.286 e. The molecule has 0 saturated heterocycles. The fourth-order valence-corrected chi connectivity index (χ4v) is 8.57. The van der Waals surface area contributed by atoms with Crippen molar-refractivity contribution in [3.8, 4) is 0 Å². The van der Waals surface area contributed by atoms with Crippen molar-refractivity contribution in [3.63, 3.8) is 0 Å². The van der Waals surface area contributed by atoms with Crippen molar-refractivity contribution in [2.45, 2.75) is 186 Å². The zero-order valence-electron chi connectivity index (χ0n) is 38.6. The molecule has 12 heteroatoms. The van der Waals surface area contributed by atoms with E-state index in [1.165, 1.54) is 18.3 Å². The summed E-state index contributed by atoms with van der Waals surface area (Å²) >= 11 is 1.48. The maximum Gasteiger partial charge on any atom is 0.286 e. The number of hydrogen-bond donors (Lipinski definition) is 0. The number of nitrogens with zero attached hydrogens (tertiary/aromatic N) is 5. The van der Waals surface area contributed by atoms with Gasteiger partial charge in [0.25, 0.3) is 23.6 Å². The highest BCUT2D eigenvalue weighted by Gasteiger charge is 2.49. The molecule has 0 aliphatic carbocycles. The van der Waals surface area contributed by atoms with Gasteiger partial charge in [0.1, 0.15) is 5.57 Å². The molecule has 2 heterocycles. The first-order valence-corrected chi connectivity index (χ1v) is 22.6. The van der Waals surface area contributed by atoms with Crippen LogP contribution < -0.4 is 4.90 Å². The zero-order valence-corrected chi connectivity index (χ0v) is 39.4. The van der Waals surface area contributed by atoms with E-state index in [9.17, 15) is 24.0 Å². The minimum absolute atomic E-state index is 0.0210. The third kappa shape index (κ3) is 12.7. The molecule has 58 heavy (non-hydrogen) atoms. The van der Waals surface area contributed by atoms with Crippen LogP contribution in [0.4, 0.5) is 5.13 Å². The summed E-state index contributed by atoms with van der Waals surface area (Å²) in [5, 5.41) is 1.93. The Bertz CT molecular complexity index is 1680. The van der Waals surface area contributed by atoms with Gasteiger partial charge in [0.05, 0.1) is 10.6 Å². The monoisotopic (exact) mass is 826 g/mol. The predicted octanol–water partition coefficient (Wildman–Crippen LogP) is 10.0. The van der Waals surface area contributed by atoms with E-state index >= 15 is 4.79 Å². The summed E-state index contributed by atoms with van der Waals surface area (Å²) in [5.74, 6) is -4.14. The molecule has 0 aromatic carbocycles. The van der Waals surface area contributed by atoms with Crippen molar-refractivity contribution in [1.82, 2.24) is 19.9 Å². The number of anilines is 1. The van der Waals surface area contributed by atoms with Crippen LogP contribution in [-0.2, 0) is 34.2 Å². The van der Waals surface area contributed by atoms with Crippen LogP contribution in [0.1, 0.15) is 185 Å². The summed E-state index contributed by atoms with van der Waals surface area (Å²) in [6.07, 6.45) is 12.0. The van der Waals surface area contributed by atoms with E-state index in [1.54, 1.807) is 40.7 Å². The third-order valence-corrected chi connectivity index (χ3v) is 11.9. The minimum atomic E-state index is -1.17. The molecular formula is C46H75N5O6S. The van der Waals surface area contributed by atoms with Crippen molar-refractivity contribution < 1.29 is 28.8 Å². The van der Waals surface area contributed by atoms with E-state index in [0.717, 1.165) is 87.1 Å². The number of amides is 6. The second-order valence-corrected chi connectivity index (χ2v) is 19.3. The van der Waals surface area contributed by atoms with Crippen LogP contribution in [0.25, 0.3) is 6.08 Å². The lowest BCUT2D eigenvalue weighted by Gasteiger charge is -2.39. The molecule has 2 rings (SSSR count). The molecule has 1 aliphatic rings. The average molecular weight is 826 g/mol. The van der Waals surface area contributed by atoms with Crippen LogP contribution in [0.15, 0.2) is 16.7 Å². The third-order valence-electron chi connectivity index (χ3n) is 10.8. The number of unbranched alkanes of at least 4 members (excludes halogenated alkanes) is 3. The van der Waals surface area contributed by atoms with Crippen LogP contribution in [0.2, 0.25) is 0 Å². The van der Waals surface area contributed by atoms with Crippen LogP contribution in [0.5, 0.6) is 0 Å². The highest BCUT2D eigenvalue weighted by atomic mass is 32.1. The molecule has 2 atom stereocenters. The Kier molecular flexibility index (Phi) is 19.2. The van der Waals surface area contributed by atoms with E-state index in [-0.39, 0.29) is 17.6 Å². The summed E-state index contributed by atoms with van der Waals surface area (Å²) in [4.78, 5) is 94.0. The van der Waals surface area contributed by atoms with Gasteiger partial charge in [0, 0.05) is 49.4 Å². The number of carbonyl (C=O) groups excluding carboxylic acids is 6. The van der Waals surface area contributed by atoms with Crippen LogP contribution in [0, 0.1) is 17.3 Å². The number of rotatable bonds is 20. The summed E-state index contributed by atoms with van der Waals surface area (Å²) in [5.41, 5.74) is -1.07. The molecule has 0 radical (unpaired) electrons. The fraction of sp³-hybridized carbons (Fsp3) is 0.717. The number of aromatic nitrogens is 1. The molecule has 2 unspecified atom stereocenters. The molecular weight excluding hydrogens is 751 g/mol. The van der Waals surface area contributed by atoms with Crippen molar-refractivity contribution in [3.05, 3.63) is 27.3 Å². The molecule has 0 N–H and O–H groups in total. The van der Waals surface area contributed by atoms with Crippen LogP contribution in [0.3, 0.4) is 0 Å². The maximum absolute atomic E-state index is 15.0. The van der Waals surface area contributed by atoms with E-state index in [2.05, 4.69) is 53.4 Å². The number of imide groups is 3. The Morgan fingerprint density at radius 1 is 0.776 bits per heavy atom. The predicted molar refractivity (Wildman–Crippen MR) is 236 cm³/mol. The van der Waals surface area contributed by atoms with Crippen molar-refractivity contribution >= 4 is 58.0 Å². The Hall–Kier alpha value is -3.67. The first-order valence-electron chi connectivity index (χ1n) is 21.8. The van der Waals surface area contributed by atoms with Crippen LogP contribution in [-0.4, -0.2) is 74.5 Å². The average Bonchev–Trinajstić information content (AvgIpc) is 3.56. The van der Waals surface area contributed by atoms with Gasteiger partial charge in [-0.25, -0.2) is 4.98 Å². The second-order valence-electron chi connectivity index (χ2n) is 18.3. The number of carbonyl (C=O) groups is 6. The number of hydrogen-bond acceptors (Lipinski definition) is 9. The van der Waals surface area contributed by atoms with Gasteiger partial charge in [-0.1, -0.05) is 132 Å². The molecule has 0 fully saturated rings. The van der Waals surface area contributed by atoms with Gasteiger partial charge in [0.15, 0.2) is 5.13 Å². The number of hydrazine groups is 1. The van der Waals surface area contributed by atoms with Crippen LogP contribution >= 0.6 is 11.3 Å². The molecule has 11 nitrogen and oxygen atoms in total. The topological polar surface area (TPSA) is 128 Å². The Morgan fingerprint density at radius 3 is 1.69 bits per heavy atom. The van der Waals surface area contributed by atoms with Gasteiger partial charge >= 0.3 is 0 Å². The Labute approximate surface area is 354 Å². The molecule has 1 aromatic heterocycles. The van der Waals surface area contributed by atoms with Gasteiger partial charge in [-0.15, -0.1) is 0 Å². The van der Waals surface area contributed by atoms with E-state index in [1.807, 2.05) is 6.92 Å². The molecule has 0 spiro atoms. The maximum atomic E-state index is 15.0. The van der Waals surface area contributed by atoms with Crippen molar-refractivity contribution in [2.24, 2.45) is 17.3 Å². The van der Waals surface area contributed by atoms with Gasteiger partial charge in [-0.3, -0.25) is 33.7 Å². The van der Waals surface area contributed by atoms with E-state index < -0.39 is 57.9 Å². The van der Waals surface area contributed by atoms with Gasteiger partial charge in [0.2, 0.25) is 11.8 Å². The molecule has 326 valence electrons. The highest BCUT2D eigenvalue weighted by Crippen LogP contribution is 2.40. The lowest BCUT2D eigenvalue weighted by atomic mass is 9.87. The SMILES string of the molecule is CCCCC1=C(C(=O)N(C(C)=O)C(C)C)C(=O)N(N(C(C)=O)C(=O)C(C)(C)C)C(=O)/C1=C\c1sc(N(CC(CC)CCCC)CC(CC)CCCC)nc1C(C)(C)C. The Balaban J connectivity index is 3.16. The molecule has 0 bridgehead atoms. The standard InChI is InChI=1S/C46H75N5O6S/c1-16-21-24-33(19-4)28-48(29-34(20-5)25-22-17-2)44-47-39(45(10,11)12)37(58-44)27-36-35(26-23-18-3)38(41(55)49(30(6)7)31(8)52)42(56)51(40(36)54)50(32(9)53)43(57)46(13,14)15/h27,30,33-34H,16-26,28-29H2,1-15H3/b36-27-. The summed E-state index contributed by atoms with van der Waals surface area (Å²) in [7, 11) is 0. The number of thiazole rings is 1. The lowest BCUT2D eigenvalue weighted by Crippen LogP contribution is -2.61. The fourth-order valence-electron chi connectivity index (χ4n) is 7.33. The Morgan fingerprint density at radius 2 is 1.29 bits per heavy atom. The summed E-state index contributed by atoms with van der Waals surface area (Å²) < 4.78 is 0. The molecule has 1 aromatic rings. The molecule has 6 amide bonds. The largest absolute Gasteiger partial charge is 0.348 e. The van der Waals surface area contributed by atoms with E-state index in [4.69, 9.17) is 4.98 Å². The highest BCUT2D eigenvalue weighted by molar-refractivity contribution is 7.16. The molecule has 0 saturated carbocycles. The van der Waals surface area contributed by atoms with Gasteiger partial charge in [-0.05, 0) is 63.0 Å². The van der Waals surface area contributed by atoms with E-state index in [0.29, 0.717) is 39.6 Å². The minimum Gasteiger partial charge on any atom is -0.348 e. The second kappa shape index (κ2) is 22.1. The van der Waals surface area contributed by atoms with Gasteiger partial charge in [-0.2, -0.15) is 10.0 Å².